The van der Waals surface area contributed by atoms with Crippen molar-refractivity contribution in [2.45, 2.75) is 25.4 Å². The lowest BCUT2D eigenvalue weighted by molar-refractivity contribution is 0.286. The van der Waals surface area contributed by atoms with Crippen LogP contribution in [-0.2, 0) is 6.61 Å². The number of hydrogen-bond acceptors (Lipinski definition) is 1. The molecule has 3 heteroatoms. The minimum atomic E-state index is -0.613. The highest BCUT2D eigenvalue weighted by atomic mass is 19.1. The van der Waals surface area contributed by atoms with Gasteiger partial charge in [-0.3, -0.25) is 0 Å². The Bertz CT molecular complexity index is 577. The molecule has 1 aliphatic rings. The summed E-state index contributed by atoms with van der Waals surface area (Å²) in [5.41, 5.74) is 1.63. The molecular formula is C16H14F2O. The van der Waals surface area contributed by atoms with E-state index in [2.05, 4.69) is 0 Å². The van der Waals surface area contributed by atoms with Crippen LogP contribution in [0.15, 0.2) is 42.5 Å². The van der Waals surface area contributed by atoms with Gasteiger partial charge in [0.05, 0.1) is 0 Å². The Morgan fingerprint density at radius 3 is 2.47 bits per heavy atom. The average molecular weight is 260 g/mol. The van der Waals surface area contributed by atoms with Crippen molar-refractivity contribution in [1.29, 1.82) is 0 Å². The summed E-state index contributed by atoms with van der Waals surface area (Å²) in [6, 6.07) is 11.8. The zero-order valence-electron chi connectivity index (χ0n) is 10.4. The minimum Gasteiger partial charge on any atom is -0.486 e. The van der Waals surface area contributed by atoms with E-state index in [1.165, 1.54) is 6.07 Å². The molecule has 1 saturated carbocycles. The molecule has 0 aromatic heterocycles. The quantitative estimate of drug-likeness (QED) is 0.790. The first kappa shape index (κ1) is 12.2. The summed E-state index contributed by atoms with van der Waals surface area (Å²) in [6.45, 7) is 0.295. The van der Waals surface area contributed by atoms with Crippen molar-refractivity contribution in [2.24, 2.45) is 0 Å². The largest absolute Gasteiger partial charge is 0.486 e. The molecule has 0 spiro atoms. The molecule has 0 saturated heterocycles. The summed E-state index contributed by atoms with van der Waals surface area (Å²) in [5.74, 6) is -0.701. The summed E-state index contributed by atoms with van der Waals surface area (Å²) in [4.78, 5) is 0. The molecule has 2 aromatic carbocycles. The molecule has 0 unspecified atom stereocenters. The van der Waals surface area contributed by atoms with Crippen molar-refractivity contribution in [2.75, 3.05) is 0 Å². The van der Waals surface area contributed by atoms with Crippen LogP contribution in [0.4, 0.5) is 8.78 Å². The summed E-state index contributed by atoms with van der Waals surface area (Å²) in [6.07, 6.45) is 1.95. The maximum absolute atomic E-state index is 13.8. The van der Waals surface area contributed by atoms with E-state index in [0.717, 1.165) is 24.5 Å². The Kier molecular flexibility index (Phi) is 3.20. The van der Waals surface area contributed by atoms with Crippen molar-refractivity contribution in [3.63, 3.8) is 0 Å². The molecule has 0 atom stereocenters. The van der Waals surface area contributed by atoms with E-state index in [4.69, 9.17) is 4.74 Å². The van der Waals surface area contributed by atoms with E-state index < -0.39 is 11.6 Å². The SMILES string of the molecule is Fc1cc(F)c(OCc2ccccc2)c(C2CC2)c1. The highest BCUT2D eigenvalue weighted by molar-refractivity contribution is 5.40. The van der Waals surface area contributed by atoms with Crippen LogP contribution >= 0.6 is 0 Å². The highest BCUT2D eigenvalue weighted by Crippen LogP contribution is 2.45. The summed E-state index contributed by atoms with van der Waals surface area (Å²) < 4.78 is 32.7. The van der Waals surface area contributed by atoms with Gasteiger partial charge in [0.2, 0.25) is 0 Å². The number of hydrogen-bond donors (Lipinski definition) is 0. The van der Waals surface area contributed by atoms with Crippen LogP contribution < -0.4 is 4.74 Å². The van der Waals surface area contributed by atoms with E-state index >= 15 is 0 Å². The maximum atomic E-state index is 13.8. The first-order valence-electron chi connectivity index (χ1n) is 6.39. The Balaban J connectivity index is 1.84. The van der Waals surface area contributed by atoms with E-state index in [1.54, 1.807) is 0 Å². The van der Waals surface area contributed by atoms with Crippen LogP contribution in [0.3, 0.4) is 0 Å². The Morgan fingerprint density at radius 2 is 1.79 bits per heavy atom. The lowest BCUT2D eigenvalue weighted by Crippen LogP contribution is -2.01. The van der Waals surface area contributed by atoms with E-state index in [0.29, 0.717) is 12.2 Å². The highest BCUT2D eigenvalue weighted by Gasteiger charge is 2.29. The second-order valence-corrected chi connectivity index (χ2v) is 4.85. The van der Waals surface area contributed by atoms with E-state index in [-0.39, 0.29) is 11.7 Å². The number of ether oxygens (including phenoxy) is 1. The molecule has 19 heavy (non-hydrogen) atoms. The molecule has 0 amide bonds. The summed E-state index contributed by atoms with van der Waals surface area (Å²) >= 11 is 0. The normalized spacial score (nSPS) is 14.4. The molecule has 0 aliphatic heterocycles. The Morgan fingerprint density at radius 1 is 1.05 bits per heavy atom. The fourth-order valence-corrected chi connectivity index (χ4v) is 2.16. The van der Waals surface area contributed by atoms with Gasteiger partial charge in [-0.15, -0.1) is 0 Å². The van der Waals surface area contributed by atoms with Gasteiger partial charge in [-0.2, -0.15) is 0 Å². The van der Waals surface area contributed by atoms with Gasteiger partial charge in [-0.25, -0.2) is 8.78 Å². The van der Waals surface area contributed by atoms with Gasteiger partial charge in [0, 0.05) is 11.6 Å². The minimum absolute atomic E-state index is 0.202. The third-order valence-corrected chi connectivity index (χ3v) is 3.28. The Hall–Kier alpha value is -1.90. The summed E-state index contributed by atoms with van der Waals surface area (Å²) in [5, 5.41) is 0. The monoisotopic (exact) mass is 260 g/mol. The van der Waals surface area contributed by atoms with Crippen LogP contribution in [0.1, 0.15) is 29.9 Å². The van der Waals surface area contributed by atoms with Crippen LogP contribution in [0, 0.1) is 11.6 Å². The van der Waals surface area contributed by atoms with Crippen LogP contribution in [0.5, 0.6) is 5.75 Å². The lowest BCUT2D eigenvalue weighted by Gasteiger charge is -2.12. The maximum Gasteiger partial charge on any atom is 0.168 e. The van der Waals surface area contributed by atoms with Gasteiger partial charge in [0.15, 0.2) is 11.6 Å². The van der Waals surface area contributed by atoms with E-state index in [1.807, 2.05) is 30.3 Å². The third kappa shape index (κ3) is 2.75. The van der Waals surface area contributed by atoms with Crippen LogP contribution in [0.2, 0.25) is 0 Å². The second-order valence-electron chi connectivity index (χ2n) is 4.85. The molecule has 1 fully saturated rings. The zero-order valence-corrected chi connectivity index (χ0v) is 10.4. The molecule has 1 aliphatic carbocycles. The van der Waals surface area contributed by atoms with Crippen molar-refractivity contribution in [1.82, 2.24) is 0 Å². The molecule has 0 heterocycles. The smallest absolute Gasteiger partial charge is 0.168 e. The van der Waals surface area contributed by atoms with Gasteiger partial charge >= 0.3 is 0 Å². The standard InChI is InChI=1S/C16H14F2O/c17-13-8-14(12-6-7-12)16(15(18)9-13)19-10-11-4-2-1-3-5-11/h1-5,8-9,12H,6-7,10H2. The third-order valence-electron chi connectivity index (χ3n) is 3.28. The van der Waals surface area contributed by atoms with Crippen molar-refractivity contribution >= 4 is 0 Å². The van der Waals surface area contributed by atoms with E-state index in [9.17, 15) is 8.78 Å². The molecule has 0 bridgehead atoms. The van der Waals surface area contributed by atoms with Gasteiger partial charge in [-0.05, 0) is 30.4 Å². The number of benzene rings is 2. The molecule has 0 radical (unpaired) electrons. The molecule has 1 nitrogen and oxygen atoms in total. The molecule has 3 rings (SSSR count). The predicted octanol–water partition coefficient (Wildman–Crippen LogP) is 4.42. The second kappa shape index (κ2) is 5.00. The fraction of sp³-hybridized carbons (Fsp3) is 0.250. The molecular weight excluding hydrogens is 246 g/mol. The van der Waals surface area contributed by atoms with Gasteiger partial charge in [0.1, 0.15) is 12.4 Å². The fourth-order valence-electron chi connectivity index (χ4n) is 2.16. The topological polar surface area (TPSA) is 9.23 Å². The van der Waals surface area contributed by atoms with Gasteiger partial charge in [0.25, 0.3) is 0 Å². The number of rotatable bonds is 4. The summed E-state index contributed by atoms with van der Waals surface area (Å²) in [7, 11) is 0. The molecule has 0 N–H and O–H groups in total. The van der Waals surface area contributed by atoms with Crippen LogP contribution in [-0.4, -0.2) is 0 Å². The Labute approximate surface area is 110 Å². The van der Waals surface area contributed by atoms with Crippen molar-refractivity contribution in [3.05, 3.63) is 65.2 Å². The zero-order chi connectivity index (χ0) is 13.2. The van der Waals surface area contributed by atoms with Crippen molar-refractivity contribution < 1.29 is 13.5 Å². The first-order chi connectivity index (χ1) is 9.24. The first-order valence-corrected chi connectivity index (χ1v) is 6.39. The number of halogens is 2. The van der Waals surface area contributed by atoms with Gasteiger partial charge < -0.3 is 4.74 Å². The van der Waals surface area contributed by atoms with Crippen LogP contribution in [0.25, 0.3) is 0 Å². The van der Waals surface area contributed by atoms with Gasteiger partial charge in [-0.1, -0.05) is 30.3 Å². The molecule has 2 aromatic rings. The average Bonchev–Trinajstić information content (AvgIpc) is 3.22. The predicted molar refractivity (Wildman–Crippen MR) is 69.1 cm³/mol. The molecule has 98 valence electrons. The van der Waals surface area contributed by atoms with Crippen molar-refractivity contribution in [3.8, 4) is 5.75 Å². The lowest BCUT2D eigenvalue weighted by atomic mass is 10.1.